The van der Waals surface area contributed by atoms with Crippen molar-refractivity contribution >= 4 is 46.0 Å². The second-order valence-corrected chi connectivity index (χ2v) is 7.57. The lowest BCUT2D eigenvalue weighted by Crippen LogP contribution is -2.38. The van der Waals surface area contributed by atoms with Crippen LogP contribution in [0.15, 0.2) is 41.3 Å². The number of carbonyl (C=O) groups excluding carboxylic acids is 2. The molecule has 1 atom stereocenters. The normalized spacial score (nSPS) is 12.2. The molecule has 1 unspecified atom stereocenters. The maximum atomic E-state index is 11.9. The van der Waals surface area contributed by atoms with Crippen LogP contribution in [0.1, 0.15) is 20.8 Å². The van der Waals surface area contributed by atoms with Crippen LogP contribution >= 0.6 is 23.4 Å². The van der Waals surface area contributed by atoms with Gasteiger partial charge in [-0.25, -0.2) is 0 Å². The molecule has 134 valence electrons. The third-order valence-electron chi connectivity index (χ3n) is 3.91. The summed E-state index contributed by atoms with van der Waals surface area (Å²) < 4.78 is 5.04. The van der Waals surface area contributed by atoms with E-state index in [1.165, 1.54) is 11.8 Å². The van der Waals surface area contributed by atoms with E-state index < -0.39 is 5.97 Å². The van der Waals surface area contributed by atoms with Gasteiger partial charge >= 0.3 is 5.97 Å². The minimum absolute atomic E-state index is 0.0402. The quantitative estimate of drug-likeness (QED) is 0.576. The van der Waals surface area contributed by atoms with E-state index in [4.69, 9.17) is 16.3 Å². The summed E-state index contributed by atoms with van der Waals surface area (Å²) in [7, 11) is 0. The first-order valence-corrected chi connectivity index (χ1v) is 9.50. The summed E-state index contributed by atoms with van der Waals surface area (Å²) in [6.45, 7) is 5.70. The summed E-state index contributed by atoms with van der Waals surface area (Å²) in [4.78, 5) is 24.6. The minimum Gasteiger partial charge on any atom is -0.455 e. The number of benzene rings is 2. The Morgan fingerprint density at radius 2 is 1.84 bits per heavy atom. The van der Waals surface area contributed by atoms with E-state index in [0.717, 1.165) is 15.7 Å². The zero-order chi connectivity index (χ0) is 18.4. The second kappa shape index (κ2) is 9.11. The van der Waals surface area contributed by atoms with Crippen molar-refractivity contribution < 1.29 is 14.3 Å². The van der Waals surface area contributed by atoms with Gasteiger partial charge in [-0.3, -0.25) is 9.59 Å². The number of carbonyl (C=O) groups is 2. The molecule has 0 aliphatic heterocycles. The highest BCUT2D eigenvalue weighted by Crippen LogP contribution is 2.33. The Balaban J connectivity index is 1.88. The standard InChI is InChI=1S/C19H22ClNO3S/c1-12(2)13(3)21-17(22)10-24-18(23)11-25-16-9-5-7-14-6-4-8-15(20)19(14)16/h4-9,12-13H,10-11H2,1-3H3,(H,21,22). The summed E-state index contributed by atoms with van der Waals surface area (Å²) >= 11 is 7.62. The van der Waals surface area contributed by atoms with Crippen LogP contribution < -0.4 is 5.32 Å². The van der Waals surface area contributed by atoms with Gasteiger partial charge in [0.15, 0.2) is 6.61 Å². The number of halogens is 1. The van der Waals surface area contributed by atoms with E-state index in [-0.39, 0.29) is 24.3 Å². The van der Waals surface area contributed by atoms with Crippen LogP contribution in [0.25, 0.3) is 10.8 Å². The number of thioether (sulfide) groups is 1. The molecular formula is C19H22ClNO3S. The van der Waals surface area contributed by atoms with Crippen LogP contribution in [0.3, 0.4) is 0 Å². The number of rotatable bonds is 7. The molecule has 0 saturated carbocycles. The van der Waals surface area contributed by atoms with Crippen molar-refractivity contribution in [1.29, 1.82) is 0 Å². The number of ether oxygens (including phenoxy) is 1. The molecule has 2 aromatic rings. The maximum absolute atomic E-state index is 11.9. The van der Waals surface area contributed by atoms with Crippen LogP contribution in [0, 0.1) is 5.92 Å². The first-order valence-electron chi connectivity index (χ1n) is 8.13. The van der Waals surface area contributed by atoms with E-state index in [2.05, 4.69) is 5.32 Å². The Hall–Kier alpha value is -1.72. The lowest BCUT2D eigenvalue weighted by molar-refractivity contribution is -0.146. The predicted octanol–water partition coefficient (Wildman–Crippen LogP) is 4.29. The van der Waals surface area contributed by atoms with Gasteiger partial charge in [0.25, 0.3) is 5.91 Å². The third kappa shape index (κ3) is 5.65. The molecule has 2 rings (SSSR count). The largest absolute Gasteiger partial charge is 0.455 e. The Morgan fingerprint density at radius 1 is 1.16 bits per heavy atom. The fraction of sp³-hybridized carbons (Fsp3) is 0.368. The molecule has 0 fully saturated rings. The maximum Gasteiger partial charge on any atom is 0.316 e. The molecule has 0 heterocycles. The zero-order valence-electron chi connectivity index (χ0n) is 14.5. The van der Waals surface area contributed by atoms with Gasteiger partial charge < -0.3 is 10.1 Å². The van der Waals surface area contributed by atoms with Gasteiger partial charge in [0.2, 0.25) is 0 Å². The van der Waals surface area contributed by atoms with Crippen LogP contribution in [-0.4, -0.2) is 30.3 Å². The molecule has 1 N–H and O–H groups in total. The fourth-order valence-corrected chi connectivity index (χ4v) is 3.41. The highest BCUT2D eigenvalue weighted by molar-refractivity contribution is 8.00. The molecule has 0 aliphatic carbocycles. The van der Waals surface area contributed by atoms with Gasteiger partial charge in [0.05, 0.1) is 5.75 Å². The molecule has 4 nitrogen and oxygen atoms in total. The Morgan fingerprint density at radius 3 is 2.52 bits per heavy atom. The van der Waals surface area contributed by atoms with Gasteiger partial charge in [0.1, 0.15) is 0 Å². The summed E-state index contributed by atoms with van der Waals surface area (Å²) in [5, 5.41) is 5.39. The molecule has 6 heteroatoms. The lowest BCUT2D eigenvalue weighted by Gasteiger charge is -2.17. The predicted molar refractivity (Wildman–Crippen MR) is 103 cm³/mol. The highest BCUT2D eigenvalue weighted by atomic mass is 35.5. The molecule has 0 spiro atoms. The van der Waals surface area contributed by atoms with Crippen molar-refractivity contribution in [3.8, 4) is 0 Å². The second-order valence-electron chi connectivity index (χ2n) is 6.14. The van der Waals surface area contributed by atoms with Crippen molar-refractivity contribution in [2.75, 3.05) is 12.4 Å². The van der Waals surface area contributed by atoms with Crippen LogP contribution in [0.4, 0.5) is 0 Å². The topological polar surface area (TPSA) is 55.4 Å². The summed E-state index contributed by atoms with van der Waals surface area (Å²) in [6, 6.07) is 11.6. The van der Waals surface area contributed by atoms with Gasteiger partial charge in [0, 0.05) is 21.3 Å². The number of nitrogens with one attached hydrogen (secondary N) is 1. The van der Waals surface area contributed by atoms with Crippen LogP contribution in [0.5, 0.6) is 0 Å². The number of hydrogen-bond acceptors (Lipinski definition) is 4. The average molecular weight is 380 g/mol. The molecule has 0 saturated heterocycles. The summed E-state index contributed by atoms with van der Waals surface area (Å²) in [6.07, 6.45) is 0. The van der Waals surface area contributed by atoms with E-state index in [1.807, 2.05) is 57.2 Å². The number of esters is 1. The van der Waals surface area contributed by atoms with E-state index in [1.54, 1.807) is 0 Å². The highest BCUT2D eigenvalue weighted by Gasteiger charge is 2.14. The van der Waals surface area contributed by atoms with Crippen LogP contribution in [-0.2, 0) is 14.3 Å². The summed E-state index contributed by atoms with van der Waals surface area (Å²) in [5.74, 6) is -0.266. The number of amides is 1. The van der Waals surface area contributed by atoms with Gasteiger partial charge in [-0.05, 0) is 30.4 Å². The van der Waals surface area contributed by atoms with E-state index in [0.29, 0.717) is 10.9 Å². The molecular weight excluding hydrogens is 358 g/mol. The third-order valence-corrected chi connectivity index (χ3v) is 5.26. The zero-order valence-corrected chi connectivity index (χ0v) is 16.1. The Kier molecular flexibility index (Phi) is 7.14. The van der Waals surface area contributed by atoms with E-state index in [9.17, 15) is 9.59 Å². The Labute approximate surface area is 157 Å². The lowest BCUT2D eigenvalue weighted by atomic mass is 10.1. The molecule has 0 aliphatic rings. The molecule has 2 aromatic carbocycles. The number of fused-ring (bicyclic) bond motifs is 1. The van der Waals surface area contributed by atoms with Crippen LogP contribution in [0.2, 0.25) is 5.02 Å². The Bertz CT molecular complexity index is 758. The van der Waals surface area contributed by atoms with Crippen molar-refractivity contribution in [1.82, 2.24) is 5.32 Å². The van der Waals surface area contributed by atoms with Crippen molar-refractivity contribution in [2.45, 2.75) is 31.7 Å². The average Bonchev–Trinajstić information content (AvgIpc) is 2.58. The SMILES string of the molecule is CC(C)C(C)NC(=O)COC(=O)CSc1cccc2cccc(Cl)c12. The summed E-state index contributed by atoms with van der Waals surface area (Å²) in [5.41, 5.74) is 0. The minimum atomic E-state index is -0.429. The molecule has 0 radical (unpaired) electrons. The van der Waals surface area contributed by atoms with Crippen molar-refractivity contribution in [2.24, 2.45) is 5.92 Å². The van der Waals surface area contributed by atoms with Crippen molar-refractivity contribution in [3.05, 3.63) is 41.4 Å². The molecule has 25 heavy (non-hydrogen) atoms. The first-order chi connectivity index (χ1) is 11.9. The smallest absolute Gasteiger partial charge is 0.316 e. The van der Waals surface area contributed by atoms with E-state index >= 15 is 0 Å². The van der Waals surface area contributed by atoms with Gasteiger partial charge in [-0.15, -0.1) is 11.8 Å². The molecule has 1 amide bonds. The number of hydrogen-bond donors (Lipinski definition) is 1. The molecule has 0 bridgehead atoms. The monoisotopic (exact) mass is 379 g/mol. The first kappa shape index (κ1) is 19.6. The fourth-order valence-electron chi connectivity index (χ4n) is 2.17. The van der Waals surface area contributed by atoms with Gasteiger partial charge in [-0.2, -0.15) is 0 Å². The van der Waals surface area contributed by atoms with Crippen molar-refractivity contribution in [3.63, 3.8) is 0 Å². The van der Waals surface area contributed by atoms with Gasteiger partial charge in [-0.1, -0.05) is 49.7 Å². The molecule has 0 aromatic heterocycles.